The van der Waals surface area contributed by atoms with Crippen molar-refractivity contribution in [1.82, 2.24) is 0 Å². The van der Waals surface area contributed by atoms with Crippen molar-refractivity contribution in [2.45, 2.75) is 65.7 Å². The molecule has 0 fully saturated rings. The van der Waals surface area contributed by atoms with Crippen molar-refractivity contribution >= 4 is 0 Å². The number of rotatable bonds is 1. The van der Waals surface area contributed by atoms with Gasteiger partial charge in [-0.25, -0.2) is 0 Å². The first-order valence-electron chi connectivity index (χ1n) is 6.44. The zero-order valence-corrected chi connectivity index (χ0v) is 12.3. The Bertz CT molecular complexity index is 403. The average molecular weight is 234 g/mol. The van der Waals surface area contributed by atoms with Crippen LogP contribution < -0.4 is 0 Å². The molecule has 0 amide bonds. The van der Waals surface area contributed by atoms with Crippen molar-refractivity contribution in [3.05, 3.63) is 28.8 Å². The normalized spacial score (nSPS) is 12.9. The van der Waals surface area contributed by atoms with Crippen LogP contribution in [0.4, 0.5) is 0 Å². The number of phenolic OH excluding ortho intramolecular Hbond substituents is 1. The smallest absolute Gasteiger partial charge is 0.119 e. The van der Waals surface area contributed by atoms with E-state index in [9.17, 15) is 5.11 Å². The lowest BCUT2D eigenvalue weighted by Crippen LogP contribution is -2.18. The second kappa shape index (κ2) is 4.36. The molecule has 0 radical (unpaired) electrons. The third-order valence-corrected chi connectivity index (χ3v) is 3.25. The van der Waals surface area contributed by atoms with Gasteiger partial charge in [-0.15, -0.1) is 0 Å². The third-order valence-electron chi connectivity index (χ3n) is 3.25. The highest BCUT2D eigenvalue weighted by molar-refractivity contribution is 5.47. The standard InChI is InChI=1S/C16H26O/c1-8-12-13(16(5,6)7)9-11(10-14(12)17)15(2,3)4/h9-10,17H,8H2,1-7H3. The van der Waals surface area contributed by atoms with Gasteiger partial charge in [0.25, 0.3) is 0 Å². The van der Waals surface area contributed by atoms with Gasteiger partial charge in [-0.2, -0.15) is 0 Å². The minimum Gasteiger partial charge on any atom is -0.508 e. The summed E-state index contributed by atoms with van der Waals surface area (Å²) >= 11 is 0. The molecule has 0 saturated heterocycles. The molecule has 1 aromatic rings. The molecule has 0 aromatic heterocycles. The summed E-state index contributed by atoms with van der Waals surface area (Å²) in [5.41, 5.74) is 3.71. The van der Waals surface area contributed by atoms with Crippen LogP contribution >= 0.6 is 0 Å². The third kappa shape index (κ3) is 3.02. The van der Waals surface area contributed by atoms with E-state index >= 15 is 0 Å². The Morgan fingerprint density at radius 1 is 0.941 bits per heavy atom. The van der Waals surface area contributed by atoms with Crippen LogP contribution in [0.25, 0.3) is 0 Å². The van der Waals surface area contributed by atoms with Gasteiger partial charge in [0.05, 0.1) is 0 Å². The lowest BCUT2D eigenvalue weighted by Gasteiger charge is -2.28. The van der Waals surface area contributed by atoms with E-state index in [0.717, 1.165) is 12.0 Å². The zero-order valence-electron chi connectivity index (χ0n) is 12.3. The van der Waals surface area contributed by atoms with Crippen molar-refractivity contribution in [2.24, 2.45) is 0 Å². The molecular weight excluding hydrogens is 208 g/mol. The fourth-order valence-corrected chi connectivity index (χ4v) is 2.13. The topological polar surface area (TPSA) is 20.2 Å². The van der Waals surface area contributed by atoms with Gasteiger partial charge < -0.3 is 5.11 Å². The van der Waals surface area contributed by atoms with Crippen LogP contribution in [0.5, 0.6) is 5.75 Å². The summed E-state index contributed by atoms with van der Waals surface area (Å²) in [7, 11) is 0. The first-order valence-corrected chi connectivity index (χ1v) is 6.44. The first-order chi connectivity index (χ1) is 7.57. The van der Waals surface area contributed by atoms with Gasteiger partial charge in [-0.05, 0) is 40.0 Å². The quantitative estimate of drug-likeness (QED) is 0.756. The van der Waals surface area contributed by atoms with E-state index in [4.69, 9.17) is 0 Å². The van der Waals surface area contributed by atoms with Crippen LogP contribution in [0, 0.1) is 0 Å². The summed E-state index contributed by atoms with van der Waals surface area (Å²) in [5.74, 6) is 0.449. The molecule has 0 saturated carbocycles. The maximum atomic E-state index is 10.2. The first kappa shape index (κ1) is 14.1. The van der Waals surface area contributed by atoms with Crippen LogP contribution in [-0.2, 0) is 17.3 Å². The summed E-state index contributed by atoms with van der Waals surface area (Å²) in [4.78, 5) is 0. The molecule has 0 bridgehead atoms. The van der Waals surface area contributed by atoms with Crippen LogP contribution in [-0.4, -0.2) is 5.11 Å². The van der Waals surface area contributed by atoms with Crippen LogP contribution in [0.2, 0.25) is 0 Å². The van der Waals surface area contributed by atoms with Crippen molar-refractivity contribution in [1.29, 1.82) is 0 Å². The SMILES string of the molecule is CCc1c(O)cc(C(C)(C)C)cc1C(C)(C)C. The molecule has 1 N–H and O–H groups in total. The molecule has 1 rings (SSSR count). The number of aromatic hydroxyl groups is 1. The highest BCUT2D eigenvalue weighted by Crippen LogP contribution is 2.36. The number of hydrogen-bond acceptors (Lipinski definition) is 1. The molecular formula is C16H26O. The Kier molecular flexibility index (Phi) is 3.61. The molecule has 1 aromatic carbocycles. The lowest BCUT2D eigenvalue weighted by atomic mass is 9.77. The highest BCUT2D eigenvalue weighted by Gasteiger charge is 2.23. The Morgan fingerprint density at radius 3 is 1.82 bits per heavy atom. The summed E-state index contributed by atoms with van der Waals surface area (Å²) < 4.78 is 0. The molecule has 0 atom stereocenters. The maximum Gasteiger partial charge on any atom is 0.119 e. The Morgan fingerprint density at radius 2 is 1.47 bits per heavy atom. The average Bonchev–Trinajstić information content (AvgIpc) is 2.13. The second-order valence-corrected chi connectivity index (χ2v) is 6.88. The van der Waals surface area contributed by atoms with E-state index in [2.05, 4.69) is 54.5 Å². The van der Waals surface area contributed by atoms with Gasteiger partial charge in [0.1, 0.15) is 5.75 Å². The van der Waals surface area contributed by atoms with Crippen molar-refractivity contribution in [3.8, 4) is 5.75 Å². The number of hydrogen-bond donors (Lipinski definition) is 1. The van der Waals surface area contributed by atoms with Crippen molar-refractivity contribution in [3.63, 3.8) is 0 Å². The largest absolute Gasteiger partial charge is 0.508 e. The van der Waals surface area contributed by atoms with Gasteiger partial charge >= 0.3 is 0 Å². The van der Waals surface area contributed by atoms with Gasteiger partial charge in [-0.1, -0.05) is 54.5 Å². The van der Waals surface area contributed by atoms with Crippen LogP contribution in [0.1, 0.15) is 65.2 Å². The Balaban J connectivity index is 3.51. The van der Waals surface area contributed by atoms with Crippen molar-refractivity contribution in [2.75, 3.05) is 0 Å². The second-order valence-electron chi connectivity index (χ2n) is 6.88. The van der Waals surface area contributed by atoms with Crippen molar-refractivity contribution < 1.29 is 5.11 Å². The van der Waals surface area contributed by atoms with E-state index in [-0.39, 0.29) is 10.8 Å². The predicted molar refractivity (Wildman–Crippen MR) is 74.9 cm³/mol. The minimum absolute atomic E-state index is 0.0732. The lowest BCUT2D eigenvalue weighted by molar-refractivity contribution is 0.457. The van der Waals surface area contributed by atoms with Gasteiger partial charge in [0.15, 0.2) is 0 Å². The van der Waals surface area contributed by atoms with Crippen LogP contribution in [0.15, 0.2) is 12.1 Å². The highest BCUT2D eigenvalue weighted by atomic mass is 16.3. The van der Waals surface area contributed by atoms with E-state index < -0.39 is 0 Å². The summed E-state index contributed by atoms with van der Waals surface area (Å²) in [5, 5.41) is 10.2. The monoisotopic (exact) mass is 234 g/mol. The molecule has 0 aliphatic heterocycles. The van der Waals surface area contributed by atoms with Gasteiger partial charge in [0.2, 0.25) is 0 Å². The maximum absolute atomic E-state index is 10.2. The van der Waals surface area contributed by atoms with E-state index in [1.165, 1.54) is 11.1 Å². The Hall–Kier alpha value is -0.980. The summed E-state index contributed by atoms with van der Waals surface area (Å²) in [6, 6.07) is 4.19. The molecule has 96 valence electrons. The fourth-order valence-electron chi connectivity index (χ4n) is 2.13. The molecule has 0 aliphatic carbocycles. The zero-order chi connectivity index (χ0) is 13.4. The number of phenols is 1. The molecule has 17 heavy (non-hydrogen) atoms. The summed E-state index contributed by atoms with van der Waals surface area (Å²) in [6.45, 7) is 15.2. The van der Waals surface area contributed by atoms with E-state index in [1.807, 2.05) is 6.07 Å². The minimum atomic E-state index is 0.0732. The van der Waals surface area contributed by atoms with Gasteiger partial charge in [0, 0.05) is 0 Å². The van der Waals surface area contributed by atoms with E-state index in [0.29, 0.717) is 5.75 Å². The molecule has 0 heterocycles. The molecule has 0 spiro atoms. The summed E-state index contributed by atoms with van der Waals surface area (Å²) in [6.07, 6.45) is 0.878. The molecule has 0 unspecified atom stereocenters. The number of benzene rings is 1. The predicted octanol–water partition coefficient (Wildman–Crippen LogP) is 4.55. The molecule has 1 heteroatoms. The molecule has 0 aliphatic rings. The van der Waals surface area contributed by atoms with E-state index in [1.54, 1.807) is 0 Å². The van der Waals surface area contributed by atoms with Crippen LogP contribution in [0.3, 0.4) is 0 Å². The van der Waals surface area contributed by atoms with Gasteiger partial charge in [-0.3, -0.25) is 0 Å². The fraction of sp³-hybridized carbons (Fsp3) is 0.625. The Labute approximate surface area is 106 Å². The molecule has 1 nitrogen and oxygen atoms in total.